The summed E-state index contributed by atoms with van der Waals surface area (Å²) in [6.45, 7) is 0. The minimum atomic E-state index is -0.529. The highest BCUT2D eigenvalue weighted by Gasteiger charge is 2.17. The second kappa shape index (κ2) is 6.07. The van der Waals surface area contributed by atoms with Crippen LogP contribution in [0.5, 0.6) is 0 Å². The molecule has 0 N–H and O–H groups in total. The highest BCUT2D eigenvalue weighted by molar-refractivity contribution is 6.30. The first-order valence-electron chi connectivity index (χ1n) is 8.24. The molecule has 0 radical (unpaired) electrons. The standard InChI is InChI=1S/C21H11ClN2O3/c22-14-6-3-5-13(10-14)19-23-24-20(27-19)17-11-16-15-7-2-1-4-12(15)8-9-18(16)26-21(17)25/h1-11H. The maximum atomic E-state index is 12.5. The number of hydrogen-bond acceptors (Lipinski definition) is 5. The van der Waals surface area contributed by atoms with Gasteiger partial charge in [0.1, 0.15) is 11.1 Å². The molecule has 0 bridgehead atoms. The fraction of sp³-hybridized carbons (Fsp3) is 0. The van der Waals surface area contributed by atoms with E-state index in [9.17, 15) is 4.79 Å². The van der Waals surface area contributed by atoms with Crippen molar-refractivity contribution in [2.24, 2.45) is 0 Å². The zero-order chi connectivity index (χ0) is 18.4. The van der Waals surface area contributed by atoms with Crippen LogP contribution in [0.2, 0.25) is 5.02 Å². The Hall–Kier alpha value is -3.44. The average Bonchev–Trinajstić information content (AvgIpc) is 3.17. The van der Waals surface area contributed by atoms with Crippen molar-refractivity contribution in [2.45, 2.75) is 0 Å². The lowest BCUT2D eigenvalue weighted by Crippen LogP contribution is -2.03. The van der Waals surface area contributed by atoms with Gasteiger partial charge in [-0.1, -0.05) is 48.0 Å². The van der Waals surface area contributed by atoms with Gasteiger partial charge >= 0.3 is 5.63 Å². The Morgan fingerprint density at radius 1 is 0.778 bits per heavy atom. The van der Waals surface area contributed by atoms with Gasteiger partial charge in [-0.2, -0.15) is 0 Å². The third-order valence-electron chi connectivity index (χ3n) is 4.37. The molecule has 0 saturated heterocycles. The molecular weight excluding hydrogens is 364 g/mol. The van der Waals surface area contributed by atoms with Gasteiger partial charge in [-0.25, -0.2) is 4.79 Å². The van der Waals surface area contributed by atoms with Crippen molar-refractivity contribution in [1.29, 1.82) is 0 Å². The Labute approximate surface area is 157 Å². The predicted molar refractivity (Wildman–Crippen MR) is 104 cm³/mol. The molecule has 0 aliphatic heterocycles. The van der Waals surface area contributed by atoms with Gasteiger partial charge in [0.2, 0.25) is 5.89 Å². The molecule has 2 aromatic heterocycles. The molecule has 5 nitrogen and oxygen atoms in total. The van der Waals surface area contributed by atoms with E-state index in [1.807, 2.05) is 30.3 Å². The Bertz CT molecular complexity index is 1370. The molecule has 5 aromatic rings. The van der Waals surface area contributed by atoms with E-state index in [2.05, 4.69) is 10.2 Å². The zero-order valence-electron chi connectivity index (χ0n) is 13.8. The van der Waals surface area contributed by atoms with Crippen LogP contribution in [0.15, 0.2) is 80.4 Å². The van der Waals surface area contributed by atoms with Gasteiger partial charge in [0.15, 0.2) is 0 Å². The van der Waals surface area contributed by atoms with Gasteiger partial charge in [-0.15, -0.1) is 10.2 Å². The summed E-state index contributed by atoms with van der Waals surface area (Å²) in [6.07, 6.45) is 0. The van der Waals surface area contributed by atoms with E-state index >= 15 is 0 Å². The average molecular weight is 375 g/mol. The molecule has 0 aliphatic carbocycles. The maximum Gasteiger partial charge on any atom is 0.349 e. The zero-order valence-corrected chi connectivity index (χ0v) is 14.6. The van der Waals surface area contributed by atoms with Gasteiger partial charge in [-0.05, 0) is 41.1 Å². The van der Waals surface area contributed by atoms with E-state index in [1.165, 1.54) is 0 Å². The van der Waals surface area contributed by atoms with E-state index in [-0.39, 0.29) is 17.3 Å². The second-order valence-corrected chi connectivity index (χ2v) is 6.51. The topological polar surface area (TPSA) is 69.1 Å². The van der Waals surface area contributed by atoms with Crippen LogP contribution in [-0.4, -0.2) is 10.2 Å². The van der Waals surface area contributed by atoms with Crippen LogP contribution in [0.25, 0.3) is 44.7 Å². The predicted octanol–water partition coefficient (Wildman–Crippen LogP) is 5.32. The second-order valence-electron chi connectivity index (χ2n) is 6.07. The highest BCUT2D eigenvalue weighted by Crippen LogP contribution is 2.29. The lowest BCUT2D eigenvalue weighted by molar-refractivity contribution is 0.547. The molecule has 0 spiro atoms. The molecule has 3 aromatic carbocycles. The summed E-state index contributed by atoms with van der Waals surface area (Å²) >= 11 is 6.01. The Morgan fingerprint density at radius 3 is 2.52 bits per heavy atom. The number of halogens is 1. The fourth-order valence-electron chi connectivity index (χ4n) is 3.09. The number of hydrogen-bond donors (Lipinski definition) is 0. The SMILES string of the molecule is O=c1oc2ccc3ccccc3c2cc1-c1nnc(-c2cccc(Cl)c2)o1. The Balaban J connectivity index is 1.70. The van der Waals surface area contributed by atoms with Gasteiger partial charge in [0.05, 0.1) is 0 Å². The lowest BCUT2D eigenvalue weighted by Gasteiger charge is -2.03. The molecular formula is C21H11ClN2O3. The van der Waals surface area contributed by atoms with E-state index in [0.717, 1.165) is 16.2 Å². The van der Waals surface area contributed by atoms with Crippen molar-refractivity contribution in [1.82, 2.24) is 10.2 Å². The van der Waals surface area contributed by atoms with Crippen LogP contribution in [0.3, 0.4) is 0 Å². The van der Waals surface area contributed by atoms with Crippen molar-refractivity contribution in [3.63, 3.8) is 0 Å². The molecule has 130 valence electrons. The van der Waals surface area contributed by atoms with E-state index in [0.29, 0.717) is 16.2 Å². The molecule has 0 aliphatic rings. The number of nitrogens with zero attached hydrogens (tertiary/aromatic N) is 2. The van der Waals surface area contributed by atoms with Crippen molar-refractivity contribution in [3.8, 4) is 22.9 Å². The quantitative estimate of drug-likeness (QED) is 0.309. The third kappa shape index (κ3) is 2.69. The van der Waals surface area contributed by atoms with Gasteiger partial charge in [-0.3, -0.25) is 0 Å². The van der Waals surface area contributed by atoms with Crippen molar-refractivity contribution < 1.29 is 8.83 Å². The van der Waals surface area contributed by atoms with Crippen LogP contribution in [0.1, 0.15) is 0 Å². The molecule has 2 heterocycles. The first-order chi connectivity index (χ1) is 13.2. The summed E-state index contributed by atoms with van der Waals surface area (Å²) in [6, 6.07) is 20.4. The number of rotatable bonds is 2. The summed E-state index contributed by atoms with van der Waals surface area (Å²) < 4.78 is 11.2. The summed E-state index contributed by atoms with van der Waals surface area (Å²) in [7, 11) is 0. The summed E-state index contributed by atoms with van der Waals surface area (Å²) in [5, 5.41) is 11.5. The normalized spacial score (nSPS) is 11.3. The summed E-state index contributed by atoms with van der Waals surface area (Å²) in [5.74, 6) is 0.387. The minimum Gasteiger partial charge on any atom is -0.422 e. The van der Waals surface area contributed by atoms with E-state index in [1.54, 1.807) is 36.4 Å². The fourth-order valence-corrected chi connectivity index (χ4v) is 3.28. The summed E-state index contributed by atoms with van der Waals surface area (Å²) in [4.78, 5) is 12.5. The van der Waals surface area contributed by atoms with Gasteiger partial charge < -0.3 is 8.83 Å². The highest BCUT2D eigenvalue weighted by atomic mass is 35.5. The van der Waals surface area contributed by atoms with Gasteiger partial charge in [0.25, 0.3) is 5.89 Å². The molecule has 6 heteroatoms. The van der Waals surface area contributed by atoms with Crippen LogP contribution in [0.4, 0.5) is 0 Å². The third-order valence-corrected chi connectivity index (χ3v) is 4.60. The minimum absolute atomic E-state index is 0.105. The van der Waals surface area contributed by atoms with Crippen molar-refractivity contribution in [3.05, 3.63) is 82.2 Å². The van der Waals surface area contributed by atoms with Crippen LogP contribution in [-0.2, 0) is 0 Å². The van der Waals surface area contributed by atoms with Crippen LogP contribution < -0.4 is 5.63 Å². The largest absolute Gasteiger partial charge is 0.422 e. The molecule has 0 atom stereocenters. The Kier molecular flexibility index (Phi) is 3.55. The lowest BCUT2D eigenvalue weighted by atomic mass is 10.0. The number of fused-ring (bicyclic) bond motifs is 3. The van der Waals surface area contributed by atoms with E-state index in [4.69, 9.17) is 20.4 Å². The molecule has 0 fully saturated rings. The first kappa shape index (κ1) is 15.8. The van der Waals surface area contributed by atoms with Gasteiger partial charge in [0, 0.05) is 16.0 Å². The first-order valence-corrected chi connectivity index (χ1v) is 8.62. The van der Waals surface area contributed by atoms with Crippen molar-refractivity contribution >= 4 is 33.3 Å². The molecule has 0 saturated carbocycles. The Morgan fingerprint density at radius 2 is 1.63 bits per heavy atom. The molecule has 27 heavy (non-hydrogen) atoms. The summed E-state index contributed by atoms with van der Waals surface area (Å²) in [5.41, 5.74) is 0.882. The van der Waals surface area contributed by atoms with E-state index < -0.39 is 5.63 Å². The smallest absolute Gasteiger partial charge is 0.349 e. The number of aromatic nitrogens is 2. The molecule has 0 unspecified atom stereocenters. The monoisotopic (exact) mass is 374 g/mol. The van der Waals surface area contributed by atoms with Crippen molar-refractivity contribution in [2.75, 3.05) is 0 Å². The molecule has 5 rings (SSSR count). The van der Waals surface area contributed by atoms with Crippen LogP contribution in [0, 0.1) is 0 Å². The number of benzene rings is 3. The van der Waals surface area contributed by atoms with Crippen LogP contribution >= 0.6 is 11.6 Å². The molecule has 0 amide bonds. The maximum absolute atomic E-state index is 12.5.